The van der Waals surface area contributed by atoms with Crippen LogP contribution in [0.3, 0.4) is 0 Å². The lowest BCUT2D eigenvalue weighted by molar-refractivity contribution is -0.145. The highest BCUT2D eigenvalue weighted by molar-refractivity contribution is 5.87. The molecule has 5 rings (SSSR count). The fourth-order valence-electron chi connectivity index (χ4n) is 6.14. The molecule has 0 aromatic rings. The van der Waals surface area contributed by atoms with Crippen LogP contribution in [0.5, 0.6) is 0 Å². The molecule has 4 aliphatic heterocycles. The lowest BCUT2D eigenvalue weighted by atomic mass is 9.78. The Labute approximate surface area is 162 Å². The number of amides is 2. The normalized spacial score (nSPS) is 40.0. The molecule has 150 valence electrons. The summed E-state index contributed by atoms with van der Waals surface area (Å²) in [7, 11) is 2.18. The molecule has 1 unspecified atom stereocenters. The molecule has 4 saturated heterocycles. The molecular weight excluding hydrogens is 342 g/mol. The van der Waals surface area contributed by atoms with Crippen molar-refractivity contribution in [1.82, 2.24) is 14.7 Å². The van der Waals surface area contributed by atoms with E-state index in [9.17, 15) is 9.59 Å². The van der Waals surface area contributed by atoms with Crippen molar-refractivity contribution in [3.63, 3.8) is 0 Å². The van der Waals surface area contributed by atoms with Gasteiger partial charge in [0, 0.05) is 32.1 Å². The second kappa shape index (κ2) is 6.73. The van der Waals surface area contributed by atoms with Gasteiger partial charge in [-0.2, -0.15) is 0 Å². The molecule has 2 amide bonds. The van der Waals surface area contributed by atoms with Gasteiger partial charge in [-0.05, 0) is 70.0 Å². The monoisotopic (exact) mass is 375 g/mol. The molecule has 27 heavy (non-hydrogen) atoms. The number of rotatable bonds is 3. The summed E-state index contributed by atoms with van der Waals surface area (Å²) in [5.74, 6) is 2.37. The van der Waals surface area contributed by atoms with Crippen LogP contribution in [0, 0.1) is 29.1 Å². The molecule has 5 fully saturated rings. The number of ether oxygens (including phenoxy) is 1. The highest BCUT2D eigenvalue weighted by atomic mass is 16.5. The maximum atomic E-state index is 13.3. The Morgan fingerprint density at radius 3 is 2.59 bits per heavy atom. The van der Waals surface area contributed by atoms with Crippen molar-refractivity contribution in [2.24, 2.45) is 29.1 Å². The number of hydrogen-bond acceptors (Lipinski definition) is 4. The smallest absolute Gasteiger partial charge is 0.230 e. The van der Waals surface area contributed by atoms with Crippen molar-refractivity contribution in [2.75, 3.05) is 59.5 Å². The largest absolute Gasteiger partial charge is 0.381 e. The number of nitrogens with zero attached hydrogens (tertiary/aromatic N) is 3. The SMILES string of the molecule is CN1CCC(CN2CC[C@@]3(CCCN(C(=O)C4[C@H]5COC[C@@H]45)C3)C2=O)CC1. The lowest BCUT2D eigenvalue weighted by Gasteiger charge is -2.40. The third-order valence-electron chi connectivity index (χ3n) is 8.04. The molecule has 4 atom stereocenters. The zero-order chi connectivity index (χ0) is 18.6. The molecule has 0 aromatic heterocycles. The van der Waals surface area contributed by atoms with E-state index in [2.05, 4.69) is 16.8 Å². The van der Waals surface area contributed by atoms with Crippen LogP contribution in [-0.2, 0) is 14.3 Å². The van der Waals surface area contributed by atoms with Crippen LogP contribution < -0.4 is 0 Å². The van der Waals surface area contributed by atoms with E-state index in [1.807, 2.05) is 4.90 Å². The van der Waals surface area contributed by atoms with Gasteiger partial charge in [0.1, 0.15) is 0 Å². The number of fused-ring (bicyclic) bond motifs is 1. The minimum Gasteiger partial charge on any atom is -0.381 e. The van der Waals surface area contributed by atoms with Gasteiger partial charge in [-0.25, -0.2) is 0 Å². The summed E-state index contributed by atoms with van der Waals surface area (Å²) in [4.78, 5) is 32.9. The first-order chi connectivity index (χ1) is 13.1. The van der Waals surface area contributed by atoms with Crippen molar-refractivity contribution in [1.29, 1.82) is 0 Å². The fraction of sp³-hybridized carbons (Fsp3) is 0.905. The van der Waals surface area contributed by atoms with Gasteiger partial charge in [-0.3, -0.25) is 9.59 Å². The van der Waals surface area contributed by atoms with Crippen molar-refractivity contribution >= 4 is 11.8 Å². The molecule has 5 aliphatic rings. The standard InChI is InChI=1S/C21H33N3O3/c1-22-8-3-15(4-9-22)11-23-10-6-21(20(23)26)5-2-7-24(14-21)19(25)18-16-12-27-13-17(16)18/h15-18H,2-14H2,1H3/t16-,17+,18?,21-/m1/s1. The van der Waals surface area contributed by atoms with E-state index in [1.165, 1.54) is 12.8 Å². The second-order valence-electron chi connectivity index (χ2n) is 9.78. The molecule has 0 N–H and O–H groups in total. The van der Waals surface area contributed by atoms with Crippen molar-refractivity contribution < 1.29 is 14.3 Å². The summed E-state index contributed by atoms with van der Waals surface area (Å²) in [6.45, 7) is 7.10. The summed E-state index contributed by atoms with van der Waals surface area (Å²) in [6, 6.07) is 0. The van der Waals surface area contributed by atoms with Gasteiger partial charge in [0.25, 0.3) is 0 Å². The second-order valence-corrected chi connectivity index (χ2v) is 9.78. The van der Waals surface area contributed by atoms with Gasteiger partial charge in [-0.1, -0.05) is 0 Å². The van der Waals surface area contributed by atoms with E-state index >= 15 is 0 Å². The summed E-state index contributed by atoms with van der Waals surface area (Å²) in [6.07, 6.45) is 5.26. The Balaban J connectivity index is 1.21. The van der Waals surface area contributed by atoms with Crippen LogP contribution in [0.1, 0.15) is 32.1 Å². The Hall–Kier alpha value is -1.14. The molecule has 0 radical (unpaired) electrons. The zero-order valence-electron chi connectivity index (χ0n) is 16.6. The lowest BCUT2D eigenvalue weighted by Crippen LogP contribution is -2.51. The first kappa shape index (κ1) is 17.9. The number of carbonyl (C=O) groups is 2. The molecule has 1 spiro atoms. The molecular formula is C21H33N3O3. The van der Waals surface area contributed by atoms with E-state index < -0.39 is 0 Å². The maximum absolute atomic E-state index is 13.3. The quantitative estimate of drug-likeness (QED) is 0.740. The highest BCUT2D eigenvalue weighted by Crippen LogP contribution is 2.52. The van der Waals surface area contributed by atoms with Crippen LogP contribution in [0.4, 0.5) is 0 Å². The molecule has 0 aromatic carbocycles. The van der Waals surface area contributed by atoms with Gasteiger partial charge in [-0.15, -0.1) is 0 Å². The first-order valence-corrected chi connectivity index (χ1v) is 10.9. The molecule has 0 bridgehead atoms. The van der Waals surface area contributed by atoms with E-state index in [0.29, 0.717) is 36.1 Å². The van der Waals surface area contributed by atoms with Gasteiger partial charge in [0.05, 0.1) is 18.6 Å². The minimum absolute atomic E-state index is 0.181. The van der Waals surface area contributed by atoms with Crippen molar-refractivity contribution in [3.8, 4) is 0 Å². The van der Waals surface area contributed by atoms with Crippen LogP contribution in [0.15, 0.2) is 0 Å². The minimum atomic E-state index is -0.292. The third-order valence-corrected chi connectivity index (χ3v) is 8.04. The van der Waals surface area contributed by atoms with E-state index in [1.54, 1.807) is 0 Å². The highest BCUT2D eigenvalue weighted by Gasteiger charge is 2.60. The van der Waals surface area contributed by atoms with Gasteiger partial charge >= 0.3 is 0 Å². The predicted octanol–water partition coefficient (Wildman–Crippen LogP) is 1.06. The van der Waals surface area contributed by atoms with Gasteiger partial charge in [0.15, 0.2) is 0 Å². The van der Waals surface area contributed by atoms with Crippen LogP contribution >= 0.6 is 0 Å². The average molecular weight is 376 g/mol. The average Bonchev–Trinajstić information content (AvgIpc) is 3.00. The van der Waals surface area contributed by atoms with Crippen molar-refractivity contribution in [2.45, 2.75) is 32.1 Å². The van der Waals surface area contributed by atoms with Crippen LogP contribution in [0.2, 0.25) is 0 Å². The summed E-state index contributed by atoms with van der Waals surface area (Å²) < 4.78 is 5.44. The molecule has 1 saturated carbocycles. The number of likely N-dealkylation sites (tertiary alicyclic amines) is 3. The number of piperidine rings is 2. The Kier molecular flexibility index (Phi) is 4.47. The van der Waals surface area contributed by atoms with E-state index in [-0.39, 0.29) is 11.3 Å². The Bertz CT molecular complexity index is 608. The number of hydrogen-bond donors (Lipinski definition) is 0. The van der Waals surface area contributed by atoms with Crippen LogP contribution in [-0.4, -0.2) is 86.0 Å². The summed E-state index contributed by atoms with van der Waals surface area (Å²) in [5.41, 5.74) is -0.292. The number of carbonyl (C=O) groups excluding carboxylic acids is 2. The van der Waals surface area contributed by atoms with E-state index in [0.717, 1.165) is 65.2 Å². The Morgan fingerprint density at radius 2 is 1.85 bits per heavy atom. The molecule has 6 heteroatoms. The van der Waals surface area contributed by atoms with Crippen molar-refractivity contribution in [3.05, 3.63) is 0 Å². The summed E-state index contributed by atoms with van der Waals surface area (Å²) in [5, 5.41) is 0. The topological polar surface area (TPSA) is 53.1 Å². The predicted molar refractivity (Wildman–Crippen MR) is 101 cm³/mol. The van der Waals surface area contributed by atoms with E-state index in [4.69, 9.17) is 4.74 Å². The van der Waals surface area contributed by atoms with Gasteiger partial charge in [0.2, 0.25) is 11.8 Å². The third kappa shape index (κ3) is 3.09. The fourth-order valence-corrected chi connectivity index (χ4v) is 6.14. The molecule has 1 aliphatic carbocycles. The Morgan fingerprint density at radius 1 is 1.11 bits per heavy atom. The van der Waals surface area contributed by atoms with Gasteiger partial charge < -0.3 is 19.4 Å². The maximum Gasteiger partial charge on any atom is 0.230 e. The zero-order valence-corrected chi connectivity index (χ0v) is 16.6. The first-order valence-electron chi connectivity index (χ1n) is 10.9. The molecule has 6 nitrogen and oxygen atoms in total. The van der Waals surface area contributed by atoms with Crippen LogP contribution in [0.25, 0.3) is 0 Å². The molecule has 4 heterocycles. The summed E-state index contributed by atoms with van der Waals surface area (Å²) >= 11 is 0.